The van der Waals surface area contributed by atoms with Gasteiger partial charge < -0.3 is 29.6 Å². The maximum absolute atomic E-state index is 13.1. The first-order valence-electron chi connectivity index (χ1n) is 13.3. The summed E-state index contributed by atoms with van der Waals surface area (Å²) in [5.41, 5.74) is 1.61. The molecule has 38 heavy (non-hydrogen) atoms. The summed E-state index contributed by atoms with van der Waals surface area (Å²) in [6, 6.07) is 6.21. The third-order valence-corrected chi connectivity index (χ3v) is 7.80. The zero-order valence-corrected chi connectivity index (χ0v) is 23.4. The van der Waals surface area contributed by atoms with Crippen molar-refractivity contribution in [2.24, 2.45) is 13.0 Å². The predicted molar refractivity (Wildman–Crippen MR) is 151 cm³/mol. The van der Waals surface area contributed by atoms with Crippen LogP contribution in [-0.2, 0) is 11.8 Å². The van der Waals surface area contributed by atoms with Gasteiger partial charge in [-0.2, -0.15) is 4.98 Å². The number of fused-ring (bicyclic) bond motifs is 3. The molecule has 0 bridgehead atoms. The van der Waals surface area contributed by atoms with Crippen LogP contribution in [0.1, 0.15) is 47.0 Å². The number of hydrogen-bond donors (Lipinski definition) is 2. The highest BCUT2D eigenvalue weighted by molar-refractivity contribution is 6.33. The van der Waals surface area contributed by atoms with Gasteiger partial charge in [0, 0.05) is 43.7 Å². The molecule has 1 saturated heterocycles. The van der Waals surface area contributed by atoms with Crippen LogP contribution in [0.2, 0.25) is 5.02 Å². The summed E-state index contributed by atoms with van der Waals surface area (Å²) >= 11 is 6.55. The van der Waals surface area contributed by atoms with E-state index in [-0.39, 0.29) is 16.8 Å². The topological polar surface area (TPSA) is 93.5 Å². The van der Waals surface area contributed by atoms with Gasteiger partial charge in [0.2, 0.25) is 11.7 Å². The number of anilines is 4. The summed E-state index contributed by atoms with van der Waals surface area (Å²) in [5, 5.41) is 8.40. The number of ether oxygens (including phenoxy) is 2. The second-order valence-electron chi connectivity index (χ2n) is 12.0. The van der Waals surface area contributed by atoms with Gasteiger partial charge in [-0.3, -0.25) is 4.79 Å². The number of hydrogen-bond acceptors (Lipinski definition) is 8. The number of pyridine rings is 1. The Morgan fingerprint density at radius 2 is 1.87 bits per heavy atom. The first-order valence-corrected chi connectivity index (χ1v) is 13.7. The number of rotatable bonds is 4. The fraction of sp³-hybridized carbons (Fsp3) is 0.536. The Kier molecular flexibility index (Phi) is 5.99. The molecule has 0 amide bonds. The SMILES string of the molecule is Cn1c(=O)c2c(c3cc(Nc4nc(N5CC(C)(C)OC(C)(C)C5)ncc4Cl)ccc31)NC(C1CC1)CCO2. The van der Waals surface area contributed by atoms with Gasteiger partial charge in [-0.15, -0.1) is 0 Å². The van der Waals surface area contributed by atoms with Crippen molar-refractivity contribution in [2.75, 3.05) is 35.2 Å². The van der Waals surface area contributed by atoms with E-state index in [4.69, 9.17) is 26.1 Å². The lowest BCUT2D eigenvalue weighted by Gasteiger charge is -2.47. The van der Waals surface area contributed by atoms with E-state index in [1.54, 1.807) is 17.8 Å². The average Bonchev–Trinajstić information content (AvgIpc) is 3.68. The van der Waals surface area contributed by atoms with Crippen LogP contribution >= 0.6 is 11.6 Å². The average molecular weight is 539 g/mol. The highest BCUT2D eigenvalue weighted by Gasteiger charge is 2.39. The molecule has 3 aromatic rings. The molecular weight excluding hydrogens is 504 g/mol. The Bertz CT molecular complexity index is 1450. The van der Waals surface area contributed by atoms with E-state index in [0.29, 0.717) is 54.2 Å². The fourth-order valence-electron chi connectivity index (χ4n) is 5.94. The third-order valence-electron chi connectivity index (χ3n) is 7.52. The first kappa shape index (κ1) is 25.2. The van der Waals surface area contributed by atoms with Crippen molar-refractivity contribution in [1.82, 2.24) is 14.5 Å². The van der Waals surface area contributed by atoms with Crippen LogP contribution in [0.3, 0.4) is 0 Å². The zero-order chi connectivity index (χ0) is 26.8. The maximum Gasteiger partial charge on any atom is 0.295 e. The minimum Gasteiger partial charge on any atom is -0.486 e. The molecule has 3 aliphatic rings. The fourth-order valence-corrected chi connectivity index (χ4v) is 6.07. The van der Waals surface area contributed by atoms with Crippen LogP contribution in [0.15, 0.2) is 29.2 Å². The number of nitrogens with zero attached hydrogens (tertiary/aromatic N) is 4. The molecular formula is C28H35ClN6O3. The first-order chi connectivity index (χ1) is 18.0. The van der Waals surface area contributed by atoms with Gasteiger partial charge in [-0.1, -0.05) is 11.6 Å². The van der Waals surface area contributed by atoms with Gasteiger partial charge >= 0.3 is 0 Å². The van der Waals surface area contributed by atoms with Crippen molar-refractivity contribution < 1.29 is 9.47 Å². The minimum atomic E-state index is -0.335. The smallest absolute Gasteiger partial charge is 0.295 e. The number of aryl methyl sites for hydroxylation is 1. The molecule has 4 heterocycles. The predicted octanol–water partition coefficient (Wildman–Crippen LogP) is 5.09. The summed E-state index contributed by atoms with van der Waals surface area (Å²) < 4.78 is 13.9. The van der Waals surface area contributed by atoms with Crippen LogP contribution in [0.25, 0.3) is 10.9 Å². The second kappa shape index (κ2) is 9.02. The molecule has 2 aromatic heterocycles. The van der Waals surface area contributed by atoms with Gasteiger partial charge in [0.1, 0.15) is 5.02 Å². The van der Waals surface area contributed by atoms with E-state index >= 15 is 0 Å². The molecule has 6 rings (SSSR count). The summed E-state index contributed by atoms with van der Waals surface area (Å²) in [7, 11) is 1.78. The normalized spacial score (nSPS) is 22.3. The molecule has 1 unspecified atom stereocenters. The number of benzene rings is 1. The van der Waals surface area contributed by atoms with E-state index in [1.807, 2.05) is 18.2 Å². The van der Waals surface area contributed by atoms with Crippen molar-refractivity contribution in [1.29, 1.82) is 0 Å². The van der Waals surface area contributed by atoms with Crippen molar-refractivity contribution in [3.8, 4) is 5.75 Å². The summed E-state index contributed by atoms with van der Waals surface area (Å²) in [6.45, 7) is 10.2. The largest absolute Gasteiger partial charge is 0.486 e. The van der Waals surface area contributed by atoms with E-state index in [9.17, 15) is 4.79 Å². The van der Waals surface area contributed by atoms with Gasteiger partial charge in [0.25, 0.3) is 5.56 Å². The summed E-state index contributed by atoms with van der Waals surface area (Å²) in [6.07, 6.45) is 4.95. The molecule has 1 saturated carbocycles. The number of halogens is 1. The lowest BCUT2D eigenvalue weighted by atomic mass is 9.99. The Labute approximate surface area is 227 Å². The molecule has 10 heteroatoms. The maximum atomic E-state index is 13.1. The quantitative estimate of drug-likeness (QED) is 0.474. The van der Waals surface area contributed by atoms with Gasteiger partial charge in [-0.25, -0.2) is 4.98 Å². The second-order valence-corrected chi connectivity index (χ2v) is 12.4. The van der Waals surface area contributed by atoms with Crippen molar-refractivity contribution in [2.45, 2.75) is 64.2 Å². The standard InChI is InChI=1S/C28H35ClN6O3/c1-27(2)14-35(15-28(3,4)38-27)26-30-13-19(29)24(33-26)31-17-8-9-21-18(12-17)22-23(25(36)34(21)5)37-11-10-20(32-22)16-6-7-16/h8-9,12-13,16,20,32H,6-7,10-11,14-15H2,1-5H3,(H,30,31,33). The lowest BCUT2D eigenvalue weighted by Crippen LogP contribution is -2.57. The summed E-state index contributed by atoms with van der Waals surface area (Å²) in [5.74, 6) is 2.15. The van der Waals surface area contributed by atoms with Crippen LogP contribution in [0, 0.1) is 5.92 Å². The molecule has 1 aliphatic carbocycles. The van der Waals surface area contributed by atoms with Crippen molar-refractivity contribution in [3.05, 3.63) is 39.8 Å². The van der Waals surface area contributed by atoms with Crippen LogP contribution in [-0.4, -0.2) is 51.5 Å². The molecule has 9 nitrogen and oxygen atoms in total. The number of aromatic nitrogens is 3. The molecule has 2 fully saturated rings. The minimum absolute atomic E-state index is 0.128. The number of nitrogens with one attached hydrogen (secondary N) is 2. The van der Waals surface area contributed by atoms with Crippen LogP contribution < -0.4 is 25.8 Å². The van der Waals surface area contributed by atoms with E-state index in [0.717, 1.165) is 28.7 Å². The Balaban J connectivity index is 1.36. The van der Waals surface area contributed by atoms with Gasteiger partial charge in [-0.05, 0) is 64.7 Å². The molecule has 2 aliphatic heterocycles. The van der Waals surface area contributed by atoms with E-state index < -0.39 is 0 Å². The lowest BCUT2D eigenvalue weighted by molar-refractivity contribution is -0.133. The highest BCUT2D eigenvalue weighted by Crippen LogP contribution is 2.41. The number of morpholine rings is 1. The molecule has 0 radical (unpaired) electrons. The Morgan fingerprint density at radius 1 is 1.13 bits per heavy atom. The van der Waals surface area contributed by atoms with E-state index in [1.165, 1.54) is 12.8 Å². The van der Waals surface area contributed by atoms with Gasteiger partial charge in [0.15, 0.2) is 5.82 Å². The van der Waals surface area contributed by atoms with Crippen molar-refractivity contribution >= 4 is 45.6 Å². The van der Waals surface area contributed by atoms with Crippen molar-refractivity contribution in [3.63, 3.8) is 0 Å². The summed E-state index contributed by atoms with van der Waals surface area (Å²) in [4.78, 5) is 24.6. The molecule has 1 aromatic carbocycles. The molecule has 2 N–H and O–H groups in total. The monoisotopic (exact) mass is 538 g/mol. The Hall–Kier alpha value is -3.04. The van der Waals surface area contributed by atoms with Crippen LogP contribution in [0.4, 0.5) is 23.1 Å². The molecule has 1 atom stereocenters. The van der Waals surface area contributed by atoms with Crippen LogP contribution in [0.5, 0.6) is 5.75 Å². The zero-order valence-electron chi connectivity index (χ0n) is 22.6. The molecule has 0 spiro atoms. The highest BCUT2D eigenvalue weighted by atomic mass is 35.5. The van der Waals surface area contributed by atoms with Gasteiger partial charge in [0.05, 0.1) is 35.2 Å². The Morgan fingerprint density at radius 3 is 2.58 bits per heavy atom. The van der Waals surface area contributed by atoms with E-state index in [2.05, 4.69) is 48.2 Å². The molecule has 202 valence electrons. The third kappa shape index (κ3) is 4.78.